The molecule has 0 saturated carbocycles. The maximum atomic E-state index is 10.6. The molecule has 1 aromatic carbocycles. The standard InChI is InChI=1S/C14H17NO2S.C4H7NOS.C3H6/c1-3-7-11-8-5-6-9-12(11)14(16,10-4-2)17-13(15)18;1-2-3-6-4(5)7;1-3-2/h3-6,8-9,16H,1-2,7,10H2,(H2,15,18);2H,1,3H2,(H2,5,7);3H,1H2,2H3. The first-order valence-electron chi connectivity index (χ1n) is 8.33. The molecule has 154 valence electrons. The highest BCUT2D eigenvalue weighted by Gasteiger charge is 2.32. The van der Waals surface area contributed by atoms with Crippen LogP contribution in [0.3, 0.4) is 0 Å². The topological polar surface area (TPSA) is 90.7 Å². The minimum absolute atomic E-state index is 0.0694. The van der Waals surface area contributed by atoms with Gasteiger partial charge in [0.1, 0.15) is 6.61 Å². The Morgan fingerprint density at radius 2 is 1.64 bits per heavy atom. The van der Waals surface area contributed by atoms with Crippen LogP contribution in [0.5, 0.6) is 0 Å². The third kappa shape index (κ3) is 12.8. The van der Waals surface area contributed by atoms with Gasteiger partial charge in [0.15, 0.2) is 0 Å². The summed E-state index contributed by atoms with van der Waals surface area (Å²) in [6, 6.07) is 7.38. The molecule has 0 bridgehead atoms. The molecule has 0 radical (unpaired) electrons. The molecule has 1 unspecified atom stereocenters. The fourth-order valence-corrected chi connectivity index (χ4v) is 2.15. The maximum Gasteiger partial charge on any atom is 0.256 e. The minimum Gasteiger partial charge on any atom is -0.467 e. The van der Waals surface area contributed by atoms with Crippen molar-refractivity contribution in [2.45, 2.75) is 25.6 Å². The van der Waals surface area contributed by atoms with Crippen molar-refractivity contribution >= 4 is 34.8 Å². The van der Waals surface area contributed by atoms with E-state index in [0.717, 1.165) is 5.56 Å². The van der Waals surface area contributed by atoms with E-state index in [1.54, 1.807) is 30.4 Å². The van der Waals surface area contributed by atoms with Gasteiger partial charge in [-0.25, -0.2) is 0 Å². The van der Waals surface area contributed by atoms with Crippen LogP contribution in [0, 0.1) is 0 Å². The predicted octanol–water partition coefficient (Wildman–Crippen LogP) is 4.02. The van der Waals surface area contributed by atoms with Crippen molar-refractivity contribution in [1.82, 2.24) is 0 Å². The zero-order chi connectivity index (χ0) is 22.0. The summed E-state index contributed by atoms with van der Waals surface area (Å²) < 4.78 is 9.79. The first-order valence-corrected chi connectivity index (χ1v) is 9.15. The Hall–Kier alpha value is -2.48. The Morgan fingerprint density at radius 1 is 1.07 bits per heavy atom. The van der Waals surface area contributed by atoms with Crippen LogP contribution in [0.4, 0.5) is 0 Å². The molecule has 5 N–H and O–H groups in total. The minimum atomic E-state index is -1.58. The highest BCUT2D eigenvalue weighted by molar-refractivity contribution is 7.80. The molecule has 0 aliphatic carbocycles. The molecule has 1 atom stereocenters. The first kappa shape index (κ1) is 27.7. The summed E-state index contributed by atoms with van der Waals surface area (Å²) in [5, 5.41) is 10.4. The SMILES string of the molecule is C=CC.C=CCOC(N)=S.C=CCc1ccccc1C(O)(CC=C)OC(N)=S. The fourth-order valence-electron chi connectivity index (χ4n) is 1.94. The van der Waals surface area contributed by atoms with Gasteiger partial charge >= 0.3 is 0 Å². The molecule has 0 spiro atoms. The molecule has 1 aromatic rings. The van der Waals surface area contributed by atoms with Crippen LogP contribution in [-0.2, 0) is 21.7 Å². The van der Waals surface area contributed by atoms with Crippen LogP contribution < -0.4 is 11.5 Å². The summed E-state index contributed by atoms with van der Waals surface area (Å²) in [5.74, 6) is -1.58. The van der Waals surface area contributed by atoms with Gasteiger partial charge in [0, 0.05) is 12.0 Å². The third-order valence-electron chi connectivity index (χ3n) is 2.84. The Balaban J connectivity index is 0. The van der Waals surface area contributed by atoms with Crippen LogP contribution in [0.15, 0.2) is 74.9 Å². The smallest absolute Gasteiger partial charge is 0.256 e. The first-order chi connectivity index (χ1) is 13.2. The maximum absolute atomic E-state index is 10.6. The molecular formula is C21H30N2O3S2. The number of hydrogen-bond acceptors (Lipinski definition) is 5. The number of rotatable bonds is 8. The number of aliphatic hydroxyl groups is 1. The summed E-state index contributed by atoms with van der Waals surface area (Å²) in [5.41, 5.74) is 11.8. The Kier molecular flexibility index (Phi) is 16.5. The van der Waals surface area contributed by atoms with Gasteiger partial charge in [-0.15, -0.1) is 19.7 Å². The van der Waals surface area contributed by atoms with E-state index in [1.807, 2.05) is 25.1 Å². The van der Waals surface area contributed by atoms with Gasteiger partial charge in [0.25, 0.3) is 10.3 Å². The second-order valence-electron chi connectivity index (χ2n) is 5.18. The largest absolute Gasteiger partial charge is 0.467 e. The Labute approximate surface area is 179 Å². The van der Waals surface area contributed by atoms with Crippen molar-refractivity contribution in [2.75, 3.05) is 6.61 Å². The summed E-state index contributed by atoms with van der Waals surface area (Å²) >= 11 is 9.08. The van der Waals surface area contributed by atoms with Gasteiger partial charge in [-0.05, 0) is 43.3 Å². The van der Waals surface area contributed by atoms with Crippen LogP contribution in [0.25, 0.3) is 0 Å². The zero-order valence-electron chi connectivity index (χ0n) is 16.3. The lowest BCUT2D eigenvalue weighted by Gasteiger charge is -2.29. The number of hydrogen-bond donors (Lipinski definition) is 3. The summed E-state index contributed by atoms with van der Waals surface area (Å²) in [6.07, 6.45) is 7.46. The van der Waals surface area contributed by atoms with Gasteiger partial charge in [-0.1, -0.05) is 55.1 Å². The molecule has 0 saturated heterocycles. The molecule has 7 heteroatoms. The lowest BCUT2D eigenvalue weighted by molar-refractivity contribution is -0.152. The number of nitrogens with two attached hydrogens (primary N) is 2. The number of benzene rings is 1. The van der Waals surface area contributed by atoms with E-state index in [9.17, 15) is 5.11 Å². The van der Waals surface area contributed by atoms with Crippen molar-refractivity contribution in [3.8, 4) is 0 Å². The van der Waals surface area contributed by atoms with Gasteiger partial charge in [0.05, 0.1) is 0 Å². The molecule has 0 fully saturated rings. The van der Waals surface area contributed by atoms with E-state index in [0.29, 0.717) is 18.6 Å². The molecule has 0 heterocycles. The average Bonchev–Trinajstić information content (AvgIpc) is 2.61. The highest BCUT2D eigenvalue weighted by atomic mass is 32.1. The van der Waals surface area contributed by atoms with Gasteiger partial charge < -0.3 is 26.0 Å². The van der Waals surface area contributed by atoms with Crippen molar-refractivity contribution in [3.63, 3.8) is 0 Å². The molecular weight excluding hydrogens is 392 g/mol. The van der Waals surface area contributed by atoms with Gasteiger partial charge in [0.2, 0.25) is 5.79 Å². The van der Waals surface area contributed by atoms with Gasteiger partial charge in [-0.2, -0.15) is 0 Å². The van der Waals surface area contributed by atoms with E-state index in [-0.39, 0.29) is 16.8 Å². The monoisotopic (exact) mass is 422 g/mol. The molecule has 0 aromatic heterocycles. The Bertz CT molecular complexity index is 663. The molecule has 0 amide bonds. The van der Waals surface area contributed by atoms with Crippen molar-refractivity contribution in [3.05, 3.63) is 86.0 Å². The van der Waals surface area contributed by atoms with Crippen molar-refractivity contribution in [1.29, 1.82) is 0 Å². The van der Waals surface area contributed by atoms with Crippen molar-refractivity contribution < 1.29 is 14.6 Å². The summed E-state index contributed by atoms with van der Waals surface area (Å²) in [6.45, 7) is 16.3. The normalized spacial score (nSPS) is 10.9. The second-order valence-corrected chi connectivity index (χ2v) is 5.98. The molecule has 0 aliphatic heterocycles. The second kappa shape index (κ2) is 16.7. The predicted molar refractivity (Wildman–Crippen MR) is 126 cm³/mol. The molecule has 28 heavy (non-hydrogen) atoms. The number of ether oxygens (including phenoxy) is 2. The van der Waals surface area contributed by atoms with E-state index in [4.69, 9.17) is 28.4 Å². The quantitative estimate of drug-likeness (QED) is 0.331. The zero-order valence-corrected chi connectivity index (χ0v) is 17.9. The van der Waals surface area contributed by atoms with Crippen LogP contribution in [-0.4, -0.2) is 22.1 Å². The Morgan fingerprint density at radius 3 is 2.04 bits per heavy atom. The third-order valence-corrected chi connectivity index (χ3v) is 3.04. The van der Waals surface area contributed by atoms with Crippen molar-refractivity contribution in [2.24, 2.45) is 11.5 Å². The highest BCUT2D eigenvalue weighted by Crippen LogP contribution is 2.30. The molecule has 0 aliphatic rings. The van der Waals surface area contributed by atoms with E-state index in [1.165, 1.54) is 0 Å². The number of allylic oxidation sites excluding steroid dienone is 2. The van der Waals surface area contributed by atoms with Crippen LogP contribution >= 0.6 is 24.4 Å². The van der Waals surface area contributed by atoms with E-state index < -0.39 is 5.79 Å². The van der Waals surface area contributed by atoms with Crippen LogP contribution in [0.1, 0.15) is 24.5 Å². The average molecular weight is 423 g/mol. The van der Waals surface area contributed by atoms with Crippen LogP contribution in [0.2, 0.25) is 0 Å². The fraction of sp³-hybridized carbons (Fsp3) is 0.238. The number of thiocarbonyl (C=S) groups is 2. The molecule has 5 nitrogen and oxygen atoms in total. The summed E-state index contributed by atoms with van der Waals surface area (Å²) in [7, 11) is 0. The lowest BCUT2D eigenvalue weighted by Crippen LogP contribution is -2.35. The molecule has 1 rings (SSSR count). The van der Waals surface area contributed by atoms with E-state index in [2.05, 4.69) is 43.3 Å². The van der Waals surface area contributed by atoms with E-state index >= 15 is 0 Å². The lowest BCUT2D eigenvalue weighted by atomic mass is 9.95. The summed E-state index contributed by atoms with van der Waals surface area (Å²) in [4.78, 5) is 0. The van der Waals surface area contributed by atoms with Gasteiger partial charge in [-0.3, -0.25) is 0 Å².